The molecule has 0 N–H and O–H groups in total. The second kappa shape index (κ2) is 3.04. The molecule has 1 aliphatic rings. The van der Waals surface area contributed by atoms with Gasteiger partial charge in [0, 0.05) is 0 Å². The summed E-state index contributed by atoms with van der Waals surface area (Å²) in [5, 5.41) is 0. The molecule has 0 spiro atoms. The van der Waals surface area contributed by atoms with Crippen molar-refractivity contribution in [3.05, 3.63) is 24.0 Å². The minimum atomic E-state index is 0.0729. The minimum absolute atomic E-state index is 0.0729. The fraction of sp³-hybridized carbons (Fsp3) is 0.167. The Hall–Kier alpha value is -1.09. The van der Waals surface area contributed by atoms with Crippen molar-refractivity contribution in [3.63, 3.8) is 0 Å². The number of allylic oxidation sites excluding steroid dienone is 3. The molecule has 0 amide bonds. The molecule has 0 saturated carbocycles. The molecule has 9 heavy (non-hydrogen) atoms. The molecule has 0 aliphatic carbocycles. The van der Waals surface area contributed by atoms with Crippen molar-refractivity contribution < 1.29 is 14.6 Å². The van der Waals surface area contributed by atoms with Crippen LogP contribution in [0.2, 0.25) is 0 Å². The van der Waals surface area contributed by atoms with Crippen molar-refractivity contribution in [3.8, 4) is 0 Å². The van der Waals surface area contributed by atoms with Crippen LogP contribution in [0.1, 0.15) is 0 Å². The number of hydrogen-bond donors (Lipinski definition) is 0. The molecule has 0 saturated heterocycles. The van der Waals surface area contributed by atoms with Gasteiger partial charge >= 0.3 is 0 Å². The molecule has 1 aliphatic heterocycles. The molecular weight excluding hydrogens is 120 g/mol. The van der Waals surface area contributed by atoms with E-state index in [0.29, 0.717) is 6.61 Å². The van der Waals surface area contributed by atoms with Gasteiger partial charge < -0.3 is 4.89 Å². The molecule has 0 aromatic rings. The molecule has 47 valence electrons. The molecule has 1 rings (SSSR count). The first-order valence-corrected chi connectivity index (χ1v) is 2.48. The van der Waals surface area contributed by atoms with Crippen LogP contribution in [0.5, 0.6) is 0 Å². The first-order chi connectivity index (χ1) is 4.43. The maximum Gasteiger partial charge on any atom is 0.275 e. The van der Waals surface area contributed by atoms with Crippen molar-refractivity contribution in [1.82, 2.24) is 0 Å². The summed E-state index contributed by atoms with van der Waals surface area (Å²) in [7, 11) is 0. The number of hydrogen-bond acceptors (Lipinski definition) is 3. The summed E-state index contributed by atoms with van der Waals surface area (Å²) in [4.78, 5) is 18.8. The lowest BCUT2D eigenvalue weighted by Gasteiger charge is -1.95. The van der Waals surface area contributed by atoms with E-state index in [4.69, 9.17) is 0 Å². The molecular formula is C6H5O3. The molecule has 3 nitrogen and oxygen atoms in total. The van der Waals surface area contributed by atoms with Crippen molar-refractivity contribution in [2.24, 2.45) is 0 Å². The van der Waals surface area contributed by atoms with E-state index in [-0.39, 0.29) is 5.76 Å². The van der Waals surface area contributed by atoms with Crippen LogP contribution in [0.3, 0.4) is 0 Å². The fourth-order valence-electron chi connectivity index (χ4n) is 0.427. The average Bonchev–Trinajstić information content (AvgIpc) is 2.13. The molecule has 0 atom stereocenters. The number of rotatable bonds is 1. The largest absolute Gasteiger partial charge is 0.333 e. The van der Waals surface area contributed by atoms with E-state index in [0.717, 1.165) is 0 Å². The van der Waals surface area contributed by atoms with Crippen molar-refractivity contribution in [2.45, 2.75) is 0 Å². The summed E-state index contributed by atoms with van der Waals surface area (Å²) in [6, 6.07) is 0. The van der Waals surface area contributed by atoms with E-state index in [2.05, 4.69) is 9.78 Å². The monoisotopic (exact) mass is 125 g/mol. The Bertz CT molecular complexity index is 158. The average molecular weight is 125 g/mol. The number of carbonyl (C=O) groups excluding carboxylic acids is 1. The maximum atomic E-state index is 9.88. The van der Waals surface area contributed by atoms with E-state index in [9.17, 15) is 4.79 Å². The predicted octanol–water partition coefficient (Wildman–Crippen LogP) is 0.498. The highest BCUT2D eigenvalue weighted by molar-refractivity contribution is 5.71. The van der Waals surface area contributed by atoms with Gasteiger partial charge in [0.15, 0.2) is 0 Å². The highest BCUT2D eigenvalue weighted by Gasteiger charge is 1.97. The molecule has 0 fully saturated rings. The van der Waals surface area contributed by atoms with Crippen LogP contribution in [-0.4, -0.2) is 12.9 Å². The maximum absolute atomic E-state index is 9.88. The van der Waals surface area contributed by atoms with Gasteiger partial charge in [0.25, 0.3) is 6.29 Å². The van der Waals surface area contributed by atoms with Gasteiger partial charge in [-0.05, 0) is 6.08 Å². The molecule has 0 aromatic heterocycles. The Morgan fingerprint density at radius 2 is 2.56 bits per heavy atom. The standard InChI is InChI=1S/C6H5O3/c7-5-6-3-1-2-4-8-9-6/h1-3H,4H2. The molecule has 0 aromatic carbocycles. The second-order valence-electron chi connectivity index (χ2n) is 1.43. The van der Waals surface area contributed by atoms with Gasteiger partial charge in [0.1, 0.15) is 6.61 Å². The third-order valence-corrected chi connectivity index (χ3v) is 0.797. The van der Waals surface area contributed by atoms with E-state index in [1.807, 2.05) is 0 Å². The molecule has 0 unspecified atom stereocenters. The summed E-state index contributed by atoms with van der Waals surface area (Å²) in [5.41, 5.74) is 0. The Labute approximate surface area is 52.5 Å². The molecule has 3 heteroatoms. The quantitative estimate of drug-likeness (QED) is 0.478. The van der Waals surface area contributed by atoms with Crippen LogP contribution >= 0.6 is 0 Å². The van der Waals surface area contributed by atoms with Crippen molar-refractivity contribution >= 4 is 6.29 Å². The Kier molecular flexibility index (Phi) is 2.04. The zero-order chi connectivity index (χ0) is 6.53. The van der Waals surface area contributed by atoms with E-state index in [1.54, 1.807) is 18.4 Å². The lowest BCUT2D eigenvalue weighted by Crippen LogP contribution is -1.92. The lowest BCUT2D eigenvalue weighted by molar-refractivity contribution is -0.245. The highest BCUT2D eigenvalue weighted by Crippen LogP contribution is 1.98. The van der Waals surface area contributed by atoms with Crippen LogP contribution in [0, 0.1) is 0 Å². The summed E-state index contributed by atoms with van der Waals surface area (Å²) in [6.45, 7) is 0.363. The van der Waals surface area contributed by atoms with Gasteiger partial charge in [0.05, 0.1) is 0 Å². The third kappa shape index (κ3) is 1.70. The zero-order valence-electron chi connectivity index (χ0n) is 4.66. The van der Waals surface area contributed by atoms with Gasteiger partial charge in [0.2, 0.25) is 5.76 Å². The van der Waals surface area contributed by atoms with Gasteiger partial charge in [-0.15, -0.1) is 0 Å². The summed E-state index contributed by atoms with van der Waals surface area (Å²) in [6.07, 6.45) is 6.44. The predicted molar refractivity (Wildman–Crippen MR) is 30.0 cm³/mol. The van der Waals surface area contributed by atoms with Crippen molar-refractivity contribution in [2.75, 3.05) is 6.61 Å². The van der Waals surface area contributed by atoms with E-state index < -0.39 is 0 Å². The molecule has 0 bridgehead atoms. The summed E-state index contributed by atoms with van der Waals surface area (Å²) in [5.74, 6) is 0.0729. The van der Waals surface area contributed by atoms with E-state index >= 15 is 0 Å². The van der Waals surface area contributed by atoms with Gasteiger partial charge in [-0.2, -0.15) is 4.89 Å². The minimum Gasteiger partial charge on any atom is -0.333 e. The highest BCUT2D eigenvalue weighted by atomic mass is 17.2. The van der Waals surface area contributed by atoms with Crippen LogP contribution in [-0.2, 0) is 14.6 Å². The molecule has 1 radical (unpaired) electrons. The summed E-state index contributed by atoms with van der Waals surface area (Å²) < 4.78 is 0. The van der Waals surface area contributed by atoms with Crippen LogP contribution in [0.4, 0.5) is 0 Å². The van der Waals surface area contributed by atoms with Crippen molar-refractivity contribution in [1.29, 1.82) is 0 Å². The Morgan fingerprint density at radius 3 is 3.33 bits per heavy atom. The fourth-order valence-corrected chi connectivity index (χ4v) is 0.427. The first kappa shape index (κ1) is 6.04. The third-order valence-electron chi connectivity index (χ3n) is 0.797. The zero-order valence-corrected chi connectivity index (χ0v) is 4.66. The van der Waals surface area contributed by atoms with E-state index in [1.165, 1.54) is 6.08 Å². The SMILES string of the molecule is O=[C]C1=CC=CCOO1. The van der Waals surface area contributed by atoms with Gasteiger partial charge in [-0.25, -0.2) is 0 Å². The normalized spacial score (nSPS) is 17.6. The Balaban J connectivity index is 2.59. The van der Waals surface area contributed by atoms with Crippen LogP contribution in [0.15, 0.2) is 24.0 Å². The second-order valence-corrected chi connectivity index (χ2v) is 1.43. The smallest absolute Gasteiger partial charge is 0.275 e. The topological polar surface area (TPSA) is 35.5 Å². The molecule has 1 heterocycles. The van der Waals surface area contributed by atoms with Crippen LogP contribution in [0.25, 0.3) is 0 Å². The first-order valence-electron chi connectivity index (χ1n) is 2.48. The Morgan fingerprint density at radius 1 is 1.67 bits per heavy atom. The van der Waals surface area contributed by atoms with Crippen LogP contribution < -0.4 is 0 Å². The lowest BCUT2D eigenvalue weighted by atomic mass is 10.4. The van der Waals surface area contributed by atoms with Gasteiger partial charge in [-0.3, -0.25) is 4.79 Å². The summed E-state index contributed by atoms with van der Waals surface area (Å²) >= 11 is 0. The van der Waals surface area contributed by atoms with Gasteiger partial charge in [-0.1, -0.05) is 12.2 Å².